The number of allylic oxidation sites excluding steroid dienone is 4. The maximum atomic E-state index is 11.8. The van der Waals surface area contributed by atoms with E-state index in [2.05, 4.69) is 64.6 Å². The molecule has 1 aliphatic carbocycles. The molecule has 11 heteroatoms. The average Bonchev–Trinajstić information content (AvgIpc) is 3.37. The van der Waals surface area contributed by atoms with Crippen molar-refractivity contribution in [2.45, 2.75) is 36.0 Å². The summed E-state index contributed by atoms with van der Waals surface area (Å²) >= 11 is 0. The van der Waals surface area contributed by atoms with E-state index in [4.69, 9.17) is 4.98 Å². The van der Waals surface area contributed by atoms with E-state index < -0.39 is 45.4 Å². The molecule has 8 N–H and O–H groups in total. The Bertz CT molecular complexity index is 2980. The predicted molar refractivity (Wildman–Crippen MR) is 251 cm³/mol. The molecule has 3 aromatic heterocycles. The standard InChI is InChI=1S/C55H45N3O8/c59-52(60,43-15-9-27-56-33-43)54(63,64)45-29-42(30-46(31-45)55(65,66)53(61,62)44-16-10-28-57-34-44)47-17-7-8-18-48(47)50-35-58-51(41-13-5-2-6-14-41)32-49(50)40-25-23-39(24-26-40)38-21-19-37(20-22-38)36-11-3-1-4-12-36/h2-3,5-35,59-66H,1,4H2. The molecule has 0 fully saturated rings. The summed E-state index contributed by atoms with van der Waals surface area (Å²) in [6.07, 6.45) is 15.2. The summed E-state index contributed by atoms with van der Waals surface area (Å²) < 4.78 is 0. The molecule has 3 heterocycles. The van der Waals surface area contributed by atoms with Crippen LogP contribution in [0, 0.1) is 0 Å². The number of aromatic nitrogens is 3. The Kier molecular flexibility index (Phi) is 11.7. The second kappa shape index (κ2) is 17.6. The van der Waals surface area contributed by atoms with Crippen molar-refractivity contribution in [1.29, 1.82) is 0 Å². The van der Waals surface area contributed by atoms with E-state index in [1.165, 1.54) is 54.4 Å². The molecule has 0 atom stereocenters. The lowest BCUT2D eigenvalue weighted by atomic mass is 9.83. The lowest BCUT2D eigenvalue weighted by molar-refractivity contribution is -0.378. The summed E-state index contributed by atoms with van der Waals surface area (Å²) in [5.74, 6) is -14.0. The number of pyridine rings is 3. The number of aliphatic hydroxyl groups is 8. The minimum absolute atomic E-state index is 0.0957. The van der Waals surface area contributed by atoms with Gasteiger partial charge in [-0.15, -0.1) is 0 Å². The van der Waals surface area contributed by atoms with E-state index in [0.717, 1.165) is 64.7 Å². The van der Waals surface area contributed by atoms with E-state index in [1.807, 2.05) is 54.6 Å². The molecule has 1 aliphatic rings. The van der Waals surface area contributed by atoms with Gasteiger partial charge >= 0.3 is 0 Å². The maximum Gasteiger partial charge on any atom is 0.252 e. The first kappa shape index (κ1) is 43.9. The Morgan fingerprint density at radius 2 is 0.879 bits per heavy atom. The molecular weight excluding hydrogens is 831 g/mol. The van der Waals surface area contributed by atoms with E-state index in [0.29, 0.717) is 22.4 Å². The zero-order valence-electron chi connectivity index (χ0n) is 35.4. The van der Waals surface area contributed by atoms with Crippen LogP contribution in [0.25, 0.3) is 61.3 Å². The van der Waals surface area contributed by atoms with Gasteiger partial charge in [0.2, 0.25) is 0 Å². The summed E-state index contributed by atoms with van der Waals surface area (Å²) in [4.78, 5) is 12.7. The smallest absolute Gasteiger partial charge is 0.252 e. The third-order valence-electron chi connectivity index (χ3n) is 12.1. The second-order valence-corrected chi connectivity index (χ2v) is 16.3. The van der Waals surface area contributed by atoms with Crippen molar-refractivity contribution in [2.24, 2.45) is 0 Å². The van der Waals surface area contributed by atoms with Gasteiger partial charge in [-0.25, -0.2) is 0 Å². The van der Waals surface area contributed by atoms with Crippen molar-refractivity contribution < 1.29 is 40.9 Å². The second-order valence-electron chi connectivity index (χ2n) is 16.3. The first-order valence-corrected chi connectivity index (χ1v) is 21.2. The summed E-state index contributed by atoms with van der Waals surface area (Å²) in [7, 11) is 0. The summed E-state index contributed by atoms with van der Waals surface area (Å²) in [6, 6.07) is 43.9. The SMILES string of the molecule is OC(O)(c1cccnc1)C(O)(O)c1cc(-c2ccccc2-c2cnc(-c3ccccc3)cc2-c2ccc(-c3ccc(C4=CCCC=C4)cc3)cc2)cc(C(O)(O)C(O)(O)c2cccnc2)c1. The number of rotatable bonds is 12. The zero-order valence-corrected chi connectivity index (χ0v) is 35.4. The first-order valence-electron chi connectivity index (χ1n) is 21.2. The van der Waals surface area contributed by atoms with Crippen LogP contribution in [0.5, 0.6) is 0 Å². The van der Waals surface area contributed by atoms with Crippen molar-refractivity contribution in [3.05, 3.63) is 229 Å². The van der Waals surface area contributed by atoms with Crippen LogP contribution in [0.1, 0.15) is 40.7 Å². The van der Waals surface area contributed by atoms with E-state index >= 15 is 0 Å². The van der Waals surface area contributed by atoms with Crippen molar-refractivity contribution in [3.63, 3.8) is 0 Å². The van der Waals surface area contributed by atoms with Crippen molar-refractivity contribution in [2.75, 3.05) is 0 Å². The molecule has 66 heavy (non-hydrogen) atoms. The fraction of sp³-hybridized carbons (Fsp3) is 0.109. The fourth-order valence-corrected chi connectivity index (χ4v) is 8.30. The molecule has 0 radical (unpaired) electrons. The Labute approximate surface area is 380 Å². The van der Waals surface area contributed by atoms with Gasteiger partial charge in [-0.2, -0.15) is 0 Å². The molecule has 0 spiro atoms. The minimum atomic E-state index is -3.57. The molecule has 0 unspecified atom stereocenters. The third-order valence-corrected chi connectivity index (χ3v) is 12.1. The van der Waals surface area contributed by atoms with Crippen LogP contribution in [0.3, 0.4) is 0 Å². The van der Waals surface area contributed by atoms with Gasteiger partial charge in [0.05, 0.1) is 5.69 Å². The molecule has 0 bridgehead atoms. The van der Waals surface area contributed by atoms with Crippen LogP contribution in [-0.4, -0.2) is 55.8 Å². The van der Waals surface area contributed by atoms with Gasteiger partial charge in [-0.05, 0) is 99.3 Å². The van der Waals surface area contributed by atoms with Crippen LogP contribution in [0.15, 0.2) is 201 Å². The van der Waals surface area contributed by atoms with Gasteiger partial charge in [0.15, 0.2) is 0 Å². The van der Waals surface area contributed by atoms with E-state index in [9.17, 15) is 40.9 Å². The molecule has 11 nitrogen and oxygen atoms in total. The van der Waals surface area contributed by atoms with Crippen LogP contribution in [0.4, 0.5) is 0 Å². The normalized spacial score (nSPS) is 13.4. The van der Waals surface area contributed by atoms with Gasteiger partial charge < -0.3 is 40.9 Å². The molecule has 0 saturated carbocycles. The Balaban J connectivity index is 1.20. The lowest BCUT2D eigenvalue weighted by Crippen LogP contribution is -2.51. The van der Waals surface area contributed by atoms with Crippen LogP contribution in [-0.2, 0) is 23.1 Å². The first-order chi connectivity index (χ1) is 31.8. The number of hydrogen-bond acceptors (Lipinski definition) is 11. The largest absolute Gasteiger partial charge is 0.357 e. The van der Waals surface area contributed by atoms with Gasteiger partial charge in [0.1, 0.15) is 0 Å². The fourth-order valence-electron chi connectivity index (χ4n) is 8.30. The van der Waals surface area contributed by atoms with Crippen LogP contribution >= 0.6 is 0 Å². The predicted octanol–water partition coefficient (Wildman–Crippen LogP) is 7.89. The molecule has 0 aliphatic heterocycles. The van der Waals surface area contributed by atoms with Crippen molar-refractivity contribution >= 4 is 5.57 Å². The maximum absolute atomic E-state index is 11.8. The number of hydrogen-bond donors (Lipinski definition) is 8. The Hall–Kier alpha value is -7.29. The van der Waals surface area contributed by atoms with Gasteiger partial charge in [-0.3, -0.25) is 15.0 Å². The summed E-state index contributed by atoms with van der Waals surface area (Å²) in [5.41, 5.74) is 7.25. The topological polar surface area (TPSA) is 201 Å². The Morgan fingerprint density at radius 1 is 0.364 bits per heavy atom. The molecule has 8 aromatic rings. The molecule has 9 rings (SSSR count). The van der Waals surface area contributed by atoms with Crippen LogP contribution in [0.2, 0.25) is 0 Å². The minimum Gasteiger partial charge on any atom is -0.357 e. The monoisotopic (exact) mass is 875 g/mol. The highest BCUT2D eigenvalue weighted by Crippen LogP contribution is 2.46. The van der Waals surface area contributed by atoms with Gasteiger partial charge in [-0.1, -0.05) is 133 Å². The lowest BCUT2D eigenvalue weighted by Gasteiger charge is -2.38. The summed E-state index contributed by atoms with van der Waals surface area (Å²) in [6.45, 7) is 0. The van der Waals surface area contributed by atoms with Crippen molar-refractivity contribution in [1.82, 2.24) is 15.0 Å². The highest BCUT2D eigenvalue weighted by Gasteiger charge is 2.54. The third kappa shape index (κ3) is 8.18. The number of nitrogens with zero attached hydrogens (tertiary/aromatic N) is 3. The average molecular weight is 876 g/mol. The van der Waals surface area contributed by atoms with E-state index in [1.54, 1.807) is 24.4 Å². The Morgan fingerprint density at radius 3 is 1.41 bits per heavy atom. The highest BCUT2D eigenvalue weighted by atomic mass is 16.6. The number of benzene rings is 5. The molecule has 328 valence electrons. The quantitative estimate of drug-likeness (QED) is 0.0555. The zero-order chi connectivity index (χ0) is 46.1. The summed E-state index contributed by atoms with van der Waals surface area (Å²) in [5, 5.41) is 92.7. The highest BCUT2D eigenvalue weighted by molar-refractivity contribution is 5.93. The molecule has 0 amide bonds. The van der Waals surface area contributed by atoms with Crippen LogP contribution < -0.4 is 0 Å². The van der Waals surface area contributed by atoms with Gasteiger partial charge in [0, 0.05) is 64.4 Å². The molecule has 0 saturated heterocycles. The molecular formula is C55H45N3O8. The van der Waals surface area contributed by atoms with Gasteiger partial charge in [0.25, 0.3) is 23.1 Å². The molecule has 5 aromatic carbocycles. The van der Waals surface area contributed by atoms with Crippen molar-refractivity contribution in [3.8, 4) is 55.8 Å². The van der Waals surface area contributed by atoms with E-state index in [-0.39, 0.29) is 5.56 Å².